The summed E-state index contributed by atoms with van der Waals surface area (Å²) in [6.07, 6.45) is 1.53. The molecule has 4 aromatic carbocycles. The van der Waals surface area contributed by atoms with Crippen molar-refractivity contribution in [2.24, 2.45) is 5.10 Å². The zero-order valence-electron chi connectivity index (χ0n) is 23.4. The summed E-state index contributed by atoms with van der Waals surface area (Å²) < 4.78 is 12.5. The summed E-state index contributed by atoms with van der Waals surface area (Å²) >= 11 is 11.0. The first-order valence-corrected chi connectivity index (χ1v) is 15.5. The maximum absolute atomic E-state index is 12.7. The lowest BCUT2D eigenvalue weighted by molar-refractivity contribution is 0.0955. The molecule has 0 bridgehead atoms. The first kappa shape index (κ1) is 30.8. The molecule has 44 heavy (non-hydrogen) atoms. The molecule has 0 aliphatic carbocycles. The lowest BCUT2D eigenvalue weighted by Gasteiger charge is -2.15. The molecule has 11 heteroatoms. The highest BCUT2D eigenvalue weighted by atomic mass is 79.9. The van der Waals surface area contributed by atoms with Gasteiger partial charge in [0, 0.05) is 32.8 Å². The molecule has 1 amide bonds. The number of amides is 1. The van der Waals surface area contributed by atoms with Crippen LogP contribution in [-0.2, 0) is 6.61 Å². The Balaban J connectivity index is 1.20. The number of hydrogen-bond donors (Lipinski definition) is 2. The molecule has 0 saturated heterocycles. The number of carbonyl (C=O) groups excluding carboxylic acids is 1. The summed E-state index contributed by atoms with van der Waals surface area (Å²) in [7, 11) is 0. The zero-order valence-corrected chi connectivity index (χ0v) is 26.5. The fraction of sp³-hybridized carbons (Fsp3) is 0.0909. The SMILES string of the molecule is CCOc1cc(/C=N\NC(=O)c2ccc(-c3csc(Nc4ccc(Cl)cc4)n3)cc2)cc(Br)c1OCc1ccccc1C#N. The Kier molecular flexibility index (Phi) is 10.2. The van der Waals surface area contributed by atoms with Gasteiger partial charge in [0.25, 0.3) is 5.91 Å². The molecule has 1 aromatic heterocycles. The van der Waals surface area contributed by atoms with Gasteiger partial charge in [0.1, 0.15) is 6.61 Å². The normalized spacial score (nSPS) is 10.8. The Morgan fingerprint density at radius 1 is 1.09 bits per heavy atom. The van der Waals surface area contributed by atoms with E-state index in [0.717, 1.165) is 27.6 Å². The highest BCUT2D eigenvalue weighted by Gasteiger charge is 2.14. The number of nitrogens with zero attached hydrogens (tertiary/aromatic N) is 3. The minimum absolute atomic E-state index is 0.203. The van der Waals surface area contributed by atoms with Crippen molar-refractivity contribution in [3.63, 3.8) is 0 Å². The van der Waals surface area contributed by atoms with Crippen LogP contribution in [0.5, 0.6) is 11.5 Å². The second kappa shape index (κ2) is 14.7. The molecular formula is C33H25BrClN5O3S. The van der Waals surface area contributed by atoms with Crippen molar-refractivity contribution in [1.29, 1.82) is 5.26 Å². The largest absolute Gasteiger partial charge is 0.490 e. The third kappa shape index (κ3) is 7.82. The van der Waals surface area contributed by atoms with Gasteiger partial charge in [0.2, 0.25) is 0 Å². The number of anilines is 2. The van der Waals surface area contributed by atoms with Crippen molar-refractivity contribution < 1.29 is 14.3 Å². The quantitative estimate of drug-likeness (QED) is 0.106. The van der Waals surface area contributed by atoms with Crippen molar-refractivity contribution in [1.82, 2.24) is 10.4 Å². The number of carbonyl (C=O) groups is 1. The number of hydrogen-bond acceptors (Lipinski definition) is 8. The number of benzene rings is 4. The monoisotopic (exact) mass is 685 g/mol. The first-order chi connectivity index (χ1) is 21.4. The van der Waals surface area contributed by atoms with Crippen LogP contribution in [0.1, 0.15) is 34.0 Å². The lowest BCUT2D eigenvalue weighted by atomic mass is 10.1. The summed E-state index contributed by atoms with van der Waals surface area (Å²) in [6, 6.07) is 27.6. The molecule has 0 aliphatic heterocycles. The molecule has 5 rings (SSSR count). The molecule has 0 fully saturated rings. The third-order valence-electron chi connectivity index (χ3n) is 6.26. The van der Waals surface area contributed by atoms with E-state index in [-0.39, 0.29) is 12.5 Å². The van der Waals surface area contributed by atoms with E-state index in [9.17, 15) is 10.1 Å². The van der Waals surface area contributed by atoms with E-state index in [2.05, 4.69) is 42.8 Å². The molecular weight excluding hydrogens is 662 g/mol. The molecule has 0 aliphatic rings. The average Bonchev–Trinajstić information content (AvgIpc) is 3.50. The Morgan fingerprint density at radius 2 is 1.86 bits per heavy atom. The van der Waals surface area contributed by atoms with Crippen LogP contribution >= 0.6 is 38.9 Å². The second-order valence-corrected chi connectivity index (χ2v) is 11.4. The zero-order chi connectivity index (χ0) is 30.9. The smallest absolute Gasteiger partial charge is 0.271 e. The number of nitriles is 1. The van der Waals surface area contributed by atoms with Gasteiger partial charge in [-0.1, -0.05) is 41.9 Å². The van der Waals surface area contributed by atoms with E-state index in [1.165, 1.54) is 17.6 Å². The van der Waals surface area contributed by atoms with Crippen molar-refractivity contribution in [3.05, 3.63) is 122 Å². The van der Waals surface area contributed by atoms with Gasteiger partial charge >= 0.3 is 0 Å². The van der Waals surface area contributed by atoms with Crippen molar-refractivity contribution in [2.75, 3.05) is 11.9 Å². The molecule has 2 N–H and O–H groups in total. The van der Waals surface area contributed by atoms with Crippen LogP contribution in [0.2, 0.25) is 5.02 Å². The standard InChI is InChI=1S/C33H25BrClN5O3S/c1-2-42-30-16-21(15-28(34)31(30)43-19-25-6-4-3-5-24(25)17-36)18-37-40-32(41)23-9-7-22(8-10-23)29-20-44-33(39-29)38-27-13-11-26(35)12-14-27/h3-16,18,20H,2,19H2,1H3,(H,38,39)(H,40,41)/b37-18-. The summed E-state index contributed by atoms with van der Waals surface area (Å²) in [4.78, 5) is 17.4. The molecule has 0 radical (unpaired) electrons. The molecule has 0 atom stereocenters. The van der Waals surface area contributed by atoms with E-state index in [1.807, 2.05) is 73.0 Å². The minimum atomic E-state index is -0.351. The van der Waals surface area contributed by atoms with Gasteiger partial charge in [-0.2, -0.15) is 10.4 Å². The van der Waals surface area contributed by atoms with Gasteiger partial charge < -0.3 is 14.8 Å². The van der Waals surface area contributed by atoms with Gasteiger partial charge in [-0.25, -0.2) is 10.4 Å². The van der Waals surface area contributed by atoms with Crippen LogP contribution in [0.25, 0.3) is 11.3 Å². The molecule has 0 unspecified atom stereocenters. The molecule has 220 valence electrons. The summed E-state index contributed by atoms with van der Waals surface area (Å²) in [5.41, 5.74) is 7.61. The number of aromatic nitrogens is 1. The Hall–Kier alpha value is -4.69. The van der Waals surface area contributed by atoms with Crippen molar-refractivity contribution in [3.8, 4) is 28.8 Å². The predicted molar refractivity (Wildman–Crippen MR) is 178 cm³/mol. The van der Waals surface area contributed by atoms with Gasteiger partial charge in [0.15, 0.2) is 16.6 Å². The Morgan fingerprint density at radius 3 is 2.61 bits per heavy atom. The van der Waals surface area contributed by atoms with Crippen LogP contribution in [0.3, 0.4) is 0 Å². The number of nitrogens with one attached hydrogen (secondary N) is 2. The molecule has 5 aromatic rings. The Bertz CT molecular complexity index is 1840. The van der Waals surface area contributed by atoms with E-state index in [0.29, 0.717) is 44.3 Å². The third-order valence-corrected chi connectivity index (χ3v) is 7.86. The van der Waals surface area contributed by atoms with E-state index < -0.39 is 0 Å². The van der Waals surface area contributed by atoms with E-state index >= 15 is 0 Å². The molecule has 8 nitrogen and oxygen atoms in total. The topological polar surface area (TPSA) is 109 Å². The minimum Gasteiger partial charge on any atom is -0.490 e. The van der Waals surface area contributed by atoms with Gasteiger partial charge in [-0.15, -0.1) is 11.3 Å². The van der Waals surface area contributed by atoms with Crippen molar-refractivity contribution >= 4 is 61.8 Å². The highest BCUT2D eigenvalue weighted by molar-refractivity contribution is 9.10. The summed E-state index contributed by atoms with van der Waals surface area (Å²) in [6.45, 7) is 2.50. The van der Waals surface area contributed by atoms with E-state index in [1.54, 1.807) is 24.3 Å². The fourth-order valence-electron chi connectivity index (χ4n) is 4.11. The van der Waals surface area contributed by atoms with Crippen LogP contribution in [-0.4, -0.2) is 23.7 Å². The number of ether oxygens (including phenoxy) is 2. The van der Waals surface area contributed by atoms with Gasteiger partial charge in [-0.05, 0) is 83.0 Å². The molecule has 1 heterocycles. The maximum Gasteiger partial charge on any atom is 0.271 e. The van der Waals surface area contributed by atoms with Crippen LogP contribution < -0.4 is 20.2 Å². The summed E-state index contributed by atoms with van der Waals surface area (Å²) in [5, 5.41) is 20.1. The number of hydrazone groups is 1. The molecule has 0 spiro atoms. The number of rotatable bonds is 11. The van der Waals surface area contributed by atoms with Crippen LogP contribution in [0.4, 0.5) is 10.8 Å². The fourth-order valence-corrected chi connectivity index (χ4v) is 5.55. The maximum atomic E-state index is 12.7. The predicted octanol–water partition coefficient (Wildman–Crippen LogP) is 8.58. The van der Waals surface area contributed by atoms with Gasteiger partial charge in [0.05, 0.1) is 34.6 Å². The average molecular weight is 687 g/mol. The highest BCUT2D eigenvalue weighted by Crippen LogP contribution is 2.37. The number of halogens is 2. The summed E-state index contributed by atoms with van der Waals surface area (Å²) in [5.74, 6) is 0.665. The first-order valence-electron chi connectivity index (χ1n) is 13.4. The van der Waals surface area contributed by atoms with Crippen LogP contribution in [0.15, 0.2) is 99.9 Å². The molecule has 0 saturated carbocycles. The van der Waals surface area contributed by atoms with Crippen molar-refractivity contribution in [2.45, 2.75) is 13.5 Å². The lowest BCUT2D eigenvalue weighted by Crippen LogP contribution is -2.17. The van der Waals surface area contributed by atoms with Gasteiger partial charge in [-0.3, -0.25) is 4.79 Å². The Labute approximate surface area is 272 Å². The second-order valence-electron chi connectivity index (χ2n) is 9.27. The van der Waals surface area contributed by atoms with Crippen LogP contribution in [0, 0.1) is 11.3 Å². The van der Waals surface area contributed by atoms with E-state index in [4.69, 9.17) is 21.1 Å². The number of thiazole rings is 1.